The van der Waals surface area contributed by atoms with E-state index in [1.807, 2.05) is 0 Å². The molecule has 3 atom stereocenters. The van der Waals surface area contributed by atoms with Crippen LogP contribution >= 0.6 is 0 Å². The van der Waals surface area contributed by atoms with Gasteiger partial charge in [0, 0.05) is 24.9 Å². The molecule has 3 rings (SSSR count). The maximum Gasteiger partial charge on any atom is 0.407 e. The Balaban J connectivity index is 1.75. The molecule has 5 nitrogen and oxygen atoms in total. The van der Waals surface area contributed by atoms with Crippen LogP contribution in [-0.4, -0.2) is 40.1 Å². The Morgan fingerprint density at radius 1 is 1.27 bits per heavy atom. The highest BCUT2D eigenvalue weighted by Gasteiger charge is 2.44. The molecule has 2 bridgehead atoms. The molecule has 0 saturated carbocycles. The predicted molar refractivity (Wildman–Crippen MR) is 76.7 cm³/mol. The Morgan fingerprint density at radius 2 is 1.91 bits per heavy atom. The number of fused-ring (bicyclic) bond motifs is 2. The molecule has 1 aromatic rings. The number of piperidine rings is 1. The molecule has 118 valence electrons. The molecular formula is C16H18FNO4. The molecule has 1 amide bonds. The SMILES string of the molecule is CC(=O)c1cccc(O[C@H]2C[C@H]3CC[C@@H](C2)N3C(=O)O)c1F. The molecule has 2 heterocycles. The lowest BCUT2D eigenvalue weighted by molar-refractivity contribution is 0.0477. The van der Waals surface area contributed by atoms with Gasteiger partial charge in [-0.3, -0.25) is 4.79 Å². The fourth-order valence-electron chi connectivity index (χ4n) is 3.59. The van der Waals surface area contributed by atoms with Gasteiger partial charge >= 0.3 is 6.09 Å². The highest BCUT2D eigenvalue weighted by Crippen LogP contribution is 2.37. The Hall–Kier alpha value is -2.11. The summed E-state index contributed by atoms with van der Waals surface area (Å²) in [4.78, 5) is 24.1. The van der Waals surface area contributed by atoms with Crippen molar-refractivity contribution in [2.75, 3.05) is 0 Å². The minimum Gasteiger partial charge on any atom is -0.487 e. The van der Waals surface area contributed by atoms with Crippen LogP contribution in [0.25, 0.3) is 0 Å². The highest BCUT2D eigenvalue weighted by molar-refractivity contribution is 5.94. The molecule has 2 fully saturated rings. The molecule has 0 aromatic heterocycles. The van der Waals surface area contributed by atoms with Gasteiger partial charge in [0.25, 0.3) is 0 Å². The average Bonchev–Trinajstić information content (AvgIpc) is 2.73. The van der Waals surface area contributed by atoms with E-state index in [9.17, 15) is 19.1 Å². The van der Waals surface area contributed by atoms with Gasteiger partial charge in [0.1, 0.15) is 6.10 Å². The Bertz CT molecular complexity index is 604. The molecule has 1 aromatic carbocycles. The Labute approximate surface area is 127 Å². The number of ether oxygens (including phenoxy) is 1. The summed E-state index contributed by atoms with van der Waals surface area (Å²) in [5, 5.41) is 9.22. The third kappa shape index (κ3) is 2.53. The lowest BCUT2D eigenvalue weighted by Crippen LogP contribution is -2.48. The van der Waals surface area contributed by atoms with Gasteiger partial charge in [-0.05, 0) is 31.9 Å². The second-order valence-electron chi connectivity index (χ2n) is 5.96. The van der Waals surface area contributed by atoms with Gasteiger partial charge in [-0.1, -0.05) is 6.07 Å². The summed E-state index contributed by atoms with van der Waals surface area (Å²) in [6.07, 6.45) is 1.67. The number of carbonyl (C=O) groups excluding carboxylic acids is 1. The van der Waals surface area contributed by atoms with E-state index >= 15 is 0 Å². The van der Waals surface area contributed by atoms with Crippen LogP contribution in [0.4, 0.5) is 9.18 Å². The highest BCUT2D eigenvalue weighted by atomic mass is 19.1. The molecule has 0 unspecified atom stereocenters. The van der Waals surface area contributed by atoms with Crippen molar-refractivity contribution in [1.82, 2.24) is 4.90 Å². The zero-order valence-electron chi connectivity index (χ0n) is 12.3. The number of carbonyl (C=O) groups is 2. The maximum absolute atomic E-state index is 14.2. The van der Waals surface area contributed by atoms with Crippen molar-refractivity contribution >= 4 is 11.9 Å². The Morgan fingerprint density at radius 3 is 2.45 bits per heavy atom. The van der Waals surface area contributed by atoms with Crippen molar-refractivity contribution in [3.8, 4) is 5.75 Å². The van der Waals surface area contributed by atoms with Crippen LogP contribution in [-0.2, 0) is 0 Å². The van der Waals surface area contributed by atoms with E-state index in [1.54, 1.807) is 6.07 Å². The zero-order chi connectivity index (χ0) is 15.9. The van der Waals surface area contributed by atoms with E-state index in [0.717, 1.165) is 12.8 Å². The van der Waals surface area contributed by atoms with Gasteiger partial charge in [-0.15, -0.1) is 0 Å². The lowest BCUT2D eigenvalue weighted by Gasteiger charge is -2.37. The topological polar surface area (TPSA) is 66.8 Å². The van der Waals surface area contributed by atoms with Crippen molar-refractivity contribution in [1.29, 1.82) is 0 Å². The number of nitrogens with zero attached hydrogens (tertiary/aromatic N) is 1. The summed E-state index contributed by atoms with van der Waals surface area (Å²) in [5.41, 5.74) is 0.0171. The number of halogens is 1. The monoisotopic (exact) mass is 307 g/mol. The lowest BCUT2D eigenvalue weighted by atomic mass is 10.00. The number of amides is 1. The molecule has 0 spiro atoms. The van der Waals surface area contributed by atoms with Gasteiger partial charge in [-0.25, -0.2) is 9.18 Å². The molecule has 2 aliphatic rings. The van der Waals surface area contributed by atoms with Crippen LogP contribution in [0.3, 0.4) is 0 Å². The van der Waals surface area contributed by atoms with E-state index in [0.29, 0.717) is 12.8 Å². The van der Waals surface area contributed by atoms with E-state index < -0.39 is 11.9 Å². The second-order valence-corrected chi connectivity index (χ2v) is 5.96. The molecule has 1 N–H and O–H groups in total. The summed E-state index contributed by atoms with van der Waals surface area (Å²) >= 11 is 0. The maximum atomic E-state index is 14.2. The normalized spacial score (nSPS) is 26.8. The molecule has 2 aliphatic heterocycles. The number of carboxylic acid groups (broad SMARTS) is 1. The van der Waals surface area contributed by atoms with Crippen molar-refractivity contribution in [2.45, 2.75) is 50.8 Å². The van der Waals surface area contributed by atoms with Crippen LogP contribution in [0.1, 0.15) is 43.0 Å². The number of ketones is 1. The van der Waals surface area contributed by atoms with Crippen molar-refractivity contribution in [3.05, 3.63) is 29.6 Å². The van der Waals surface area contributed by atoms with Gasteiger partial charge < -0.3 is 14.7 Å². The smallest absolute Gasteiger partial charge is 0.407 e. The summed E-state index contributed by atoms with van der Waals surface area (Å²) in [6, 6.07) is 4.42. The summed E-state index contributed by atoms with van der Waals surface area (Å²) in [7, 11) is 0. The van der Waals surface area contributed by atoms with E-state index in [1.165, 1.54) is 24.0 Å². The summed E-state index contributed by atoms with van der Waals surface area (Å²) < 4.78 is 20.0. The van der Waals surface area contributed by atoms with Crippen LogP contribution in [0.5, 0.6) is 5.75 Å². The standard InChI is InChI=1S/C16H18FNO4/c1-9(19)13-3-2-4-14(15(13)17)22-12-7-10-5-6-11(8-12)18(10)16(20)21/h2-4,10-12H,5-8H2,1H3,(H,20,21)/t10-,11+,12+. The average molecular weight is 307 g/mol. The first-order valence-electron chi connectivity index (χ1n) is 7.44. The van der Waals surface area contributed by atoms with Crippen LogP contribution < -0.4 is 4.74 Å². The fourth-order valence-corrected chi connectivity index (χ4v) is 3.59. The molecule has 0 radical (unpaired) electrons. The van der Waals surface area contributed by atoms with Gasteiger partial charge in [0.15, 0.2) is 17.3 Å². The van der Waals surface area contributed by atoms with Gasteiger partial charge in [-0.2, -0.15) is 0 Å². The van der Waals surface area contributed by atoms with Crippen LogP contribution in [0, 0.1) is 5.82 Å². The third-order valence-electron chi connectivity index (χ3n) is 4.55. The number of hydrogen-bond donors (Lipinski definition) is 1. The summed E-state index contributed by atoms with van der Waals surface area (Å²) in [6.45, 7) is 1.31. The van der Waals surface area contributed by atoms with Gasteiger partial charge in [0.05, 0.1) is 5.56 Å². The molecular weight excluding hydrogens is 289 g/mol. The number of benzene rings is 1. The number of hydrogen-bond acceptors (Lipinski definition) is 3. The number of Topliss-reactive ketones (excluding diaryl/α,β-unsaturated/α-hetero) is 1. The Kier molecular flexibility index (Phi) is 3.76. The molecule has 6 heteroatoms. The van der Waals surface area contributed by atoms with E-state index in [2.05, 4.69) is 0 Å². The quantitative estimate of drug-likeness (QED) is 0.871. The van der Waals surface area contributed by atoms with Crippen molar-refractivity contribution in [2.24, 2.45) is 0 Å². The van der Waals surface area contributed by atoms with Crippen molar-refractivity contribution in [3.63, 3.8) is 0 Å². The predicted octanol–water partition coefficient (Wildman–Crippen LogP) is 3.08. The number of rotatable bonds is 3. The first-order chi connectivity index (χ1) is 10.5. The zero-order valence-corrected chi connectivity index (χ0v) is 12.3. The first kappa shape index (κ1) is 14.8. The minimum absolute atomic E-state index is 0.0171. The van der Waals surface area contributed by atoms with E-state index in [4.69, 9.17) is 4.74 Å². The molecule has 22 heavy (non-hydrogen) atoms. The molecule has 0 aliphatic carbocycles. The molecule has 2 saturated heterocycles. The van der Waals surface area contributed by atoms with Crippen LogP contribution in [0.15, 0.2) is 18.2 Å². The minimum atomic E-state index is -0.893. The fraction of sp³-hybridized carbons (Fsp3) is 0.500. The third-order valence-corrected chi connectivity index (χ3v) is 4.55. The van der Waals surface area contributed by atoms with Gasteiger partial charge in [0.2, 0.25) is 0 Å². The largest absolute Gasteiger partial charge is 0.487 e. The second kappa shape index (κ2) is 5.59. The van der Waals surface area contributed by atoms with Crippen LogP contribution in [0.2, 0.25) is 0 Å². The summed E-state index contributed by atoms with van der Waals surface area (Å²) in [5.74, 6) is -0.910. The van der Waals surface area contributed by atoms with E-state index in [-0.39, 0.29) is 35.3 Å². The first-order valence-corrected chi connectivity index (χ1v) is 7.44. The van der Waals surface area contributed by atoms with Crippen molar-refractivity contribution < 1.29 is 23.8 Å².